The number of benzene rings is 2. The van der Waals surface area contributed by atoms with Crippen molar-refractivity contribution in [3.8, 4) is 0 Å². The first kappa shape index (κ1) is 25.2. The van der Waals surface area contributed by atoms with Crippen LogP contribution in [-0.4, -0.2) is 23.9 Å². The van der Waals surface area contributed by atoms with Crippen LogP contribution in [0.2, 0.25) is 0 Å². The first-order valence-electron chi connectivity index (χ1n) is 7.95. The number of nitrogens with two attached hydrogens (primary N) is 4. The lowest BCUT2D eigenvalue weighted by molar-refractivity contribution is -0.128. The van der Waals surface area contributed by atoms with E-state index >= 15 is 0 Å². The fourth-order valence-corrected chi connectivity index (χ4v) is 1.77. The lowest BCUT2D eigenvalue weighted by Gasteiger charge is -2.05. The second-order valence-corrected chi connectivity index (χ2v) is 5.06. The first-order valence-corrected chi connectivity index (χ1v) is 7.95. The van der Waals surface area contributed by atoms with E-state index < -0.39 is 5.78 Å². The second kappa shape index (κ2) is 14.2. The Morgan fingerprint density at radius 2 is 1.03 bits per heavy atom. The fourth-order valence-electron chi connectivity index (χ4n) is 1.77. The molecule has 0 radical (unpaired) electrons. The Morgan fingerprint density at radius 1 is 0.724 bits per heavy atom. The summed E-state index contributed by atoms with van der Waals surface area (Å²) in [5.74, 6) is 19.1. The summed E-state index contributed by atoms with van der Waals surface area (Å²) in [4.78, 5) is 40.7. The number of carbonyl (C=O) groups is 4. The monoisotopic (exact) mass is 404 g/mol. The van der Waals surface area contributed by atoms with Gasteiger partial charge in [-0.2, -0.15) is 0 Å². The van der Waals surface area contributed by atoms with Gasteiger partial charge in [-0.25, -0.2) is 11.7 Å². The zero-order chi connectivity index (χ0) is 22.2. The number of ketones is 1. The Hall–Kier alpha value is -3.84. The highest BCUT2D eigenvalue weighted by molar-refractivity contribution is 6.23. The van der Waals surface area contributed by atoms with Crippen LogP contribution in [0.5, 0.6) is 0 Å². The van der Waals surface area contributed by atoms with E-state index in [1.807, 2.05) is 10.9 Å². The van der Waals surface area contributed by atoms with Crippen molar-refractivity contribution < 1.29 is 19.2 Å². The number of para-hydroxylation sites is 2. The quantitative estimate of drug-likeness (QED) is 0.0990. The van der Waals surface area contributed by atoms with Crippen LogP contribution in [0.4, 0.5) is 11.4 Å². The maximum absolute atomic E-state index is 11.1. The topological polar surface area (TPSA) is 220 Å². The summed E-state index contributed by atoms with van der Waals surface area (Å²) >= 11 is 0. The summed E-state index contributed by atoms with van der Waals surface area (Å²) in [6.45, 7) is 1.22. The molecule has 29 heavy (non-hydrogen) atoms. The molecule has 0 atom stereocenters. The van der Waals surface area contributed by atoms with Crippen molar-refractivity contribution in [1.29, 1.82) is 0 Å². The van der Waals surface area contributed by atoms with Crippen molar-refractivity contribution in [2.24, 2.45) is 23.4 Å². The number of hydrogen-bond donors (Lipinski definition) is 8. The van der Waals surface area contributed by atoms with E-state index in [0.29, 0.717) is 22.5 Å². The standard InChI is InChI=1S/2C7H10N4O.C3H4O2/c2*8-10-6-4-2-1-3-5(6)7(12)11-9;1-3(5)2-4/h2*1-4,10H,8-9H2,(H,11,12);2H,1H3. The fraction of sp³-hybridized carbons (Fsp3) is 0.0588. The van der Waals surface area contributed by atoms with Crippen molar-refractivity contribution in [3.63, 3.8) is 0 Å². The maximum atomic E-state index is 11.1. The number of aldehydes is 1. The predicted octanol–water partition coefficient (Wildman–Crippen LogP) is -1.07. The molecule has 0 aromatic heterocycles. The van der Waals surface area contributed by atoms with Gasteiger partial charge in [-0.15, -0.1) is 0 Å². The molecular formula is C17H24N8O4. The van der Waals surface area contributed by atoms with E-state index in [4.69, 9.17) is 28.2 Å². The summed E-state index contributed by atoms with van der Waals surface area (Å²) in [5.41, 5.74) is 10.8. The molecule has 0 aliphatic rings. The molecule has 2 aromatic rings. The number of anilines is 2. The van der Waals surface area contributed by atoms with Gasteiger partial charge in [-0.1, -0.05) is 24.3 Å². The van der Waals surface area contributed by atoms with Crippen molar-refractivity contribution >= 4 is 35.3 Å². The molecule has 0 saturated carbocycles. The van der Waals surface area contributed by atoms with Crippen LogP contribution >= 0.6 is 0 Å². The highest BCUT2D eigenvalue weighted by Gasteiger charge is 2.07. The lowest BCUT2D eigenvalue weighted by Crippen LogP contribution is -2.31. The molecule has 0 aliphatic carbocycles. The molecule has 2 aromatic carbocycles. The van der Waals surface area contributed by atoms with Gasteiger partial charge in [0.25, 0.3) is 11.8 Å². The van der Waals surface area contributed by atoms with E-state index in [9.17, 15) is 14.4 Å². The average molecular weight is 404 g/mol. The van der Waals surface area contributed by atoms with Crippen LogP contribution in [0.3, 0.4) is 0 Å². The van der Waals surface area contributed by atoms with Crippen LogP contribution < -0.4 is 45.1 Å². The Kier molecular flexibility index (Phi) is 12.4. The summed E-state index contributed by atoms with van der Waals surface area (Å²) in [5, 5.41) is 0. The van der Waals surface area contributed by atoms with Gasteiger partial charge in [0.2, 0.25) is 0 Å². The van der Waals surface area contributed by atoms with E-state index in [-0.39, 0.29) is 18.1 Å². The molecule has 0 bridgehead atoms. The third kappa shape index (κ3) is 9.07. The summed E-state index contributed by atoms with van der Waals surface area (Å²) in [6.07, 6.45) is 0.278. The minimum absolute atomic E-state index is 0.278. The van der Waals surface area contributed by atoms with Gasteiger partial charge in [0.1, 0.15) is 0 Å². The zero-order valence-electron chi connectivity index (χ0n) is 15.6. The van der Waals surface area contributed by atoms with Crippen LogP contribution in [0, 0.1) is 0 Å². The molecule has 2 amide bonds. The van der Waals surface area contributed by atoms with Crippen molar-refractivity contribution in [3.05, 3.63) is 59.7 Å². The third-order valence-electron chi connectivity index (χ3n) is 3.08. The number of rotatable bonds is 5. The SMILES string of the molecule is CC(=O)C=O.NNC(=O)c1ccccc1NN.NNC(=O)c1ccccc1NN. The van der Waals surface area contributed by atoms with Crippen molar-refractivity contribution in [2.75, 3.05) is 10.9 Å². The van der Waals surface area contributed by atoms with Gasteiger partial charge < -0.3 is 10.9 Å². The molecule has 156 valence electrons. The van der Waals surface area contributed by atoms with Crippen LogP contribution in [0.15, 0.2) is 48.5 Å². The van der Waals surface area contributed by atoms with Crippen molar-refractivity contribution in [2.45, 2.75) is 6.92 Å². The number of nitrogens with one attached hydrogen (secondary N) is 4. The first-order chi connectivity index (χ1) is 13.9. The van der Waals surface area contributed by atoms with Crippen LogP contribution in [0.25, 0.3) is 0 Å². The van der Waals surface area contributed by atoms with Gasteiger partial charge in [0.05, 0.1) is 22.5 Å². The molecule has 12 heteroatoms. The number of hydrogen-bond acceptors (Lipinski definition) is 10. The number of Topliss-reactive ketones (excluding diaryl/α,β-unsaturated/α-hetero) is 1. The van der Waals surface area contributed by atoms with Crippen molar-refractivity contribution in [1.82, 2.24) is 10.9 Å². The van der Waals surface area contributed by atoms with Gasteiger partial charge in [0.15, 0.2) is 12.1 Å². The Bertz CT molecular complexity index is 769. The van der Waals surface area contributed by atoms with Gasteiger partial charge in [0, 0.05) is 6.92 Å². The number of carbonyl (C=O) groups excluding carboxylic acids is 4. The smallest absolute Gasteiger partial charge is 0.267 e. The van der Waals surface area contributed by atoms with E-state index in [0.717, 1.165) is 0 Å². The highest BCUT2D eigenvalue weighted by atomic mass is 16.2. The zero-order valence-corrected chi connectivity index (χ0v) is 15.6. The minimum atomic E-state index is -0.426. The van der Waals surface area contributed by atoms with Crippen LogP contribution in [-0.2, 0) is 9.59 Å². The molecule has 0 unspecified atom stereocenters. The summed E-state index contributed by atoms with van der Waals surface area (Å²) in [6, 6.07) is 13.6. The summed E-state index contributed by atoms with van der Waals surface area (Å²) in [7, 11) is 0. The van der Waals surface area contributed by atoms with Gasteiger partial charge >= 0.3 is 0 Å². The van der Waals surface area contributed by atoms with Gasteiger partial charge in [-0.05, 0) is 24.3 Å². The number of hydrazine groups is 4. The molecule has 0 fully saturated rings. The molecule has 0 aliphatic heterocycles. The van der Waals surface area contributed by atoms with Gasteiger partial charge in [-0.3, -0.25) is 41.7 Å². The molecule has 0 spiro atoms. The Labute approximate surface area is 166 Å². The molecule has 2 rings (SSSR count). The summed E-state index contributed by atoms with van der Waals surface area (Å²) < 4.78 is 0. The number of nitrogen functional groups attached to an aromatic ring is 4. The molecule has 0 saturated heterocycles. The lowest BCUT2D eigenvalue weighted by atomic mass is 10.2. The molecular weight excluding hydrogens is 380 g/mol. The Morgan fingerprint density at radius 3 is 1.28 bits per heavy atom. The third-order valence-corrected chi connectivity index (χ3v) is 3.08. The van der Waals surface area contributed by atoms with E-state index in [2.05, 4.69) is 10.9 Å². The molecule has 12 nitrogen and oxygen atoms in total. The minimum Gasteiger partial charge on any atom is -0.323 e. The maximum Gasteiger partial charge on any atom is 0.267 e. The van der Waals surface area contributed by atoms with E-state index in [1.54, 1.807) is 48.5 Å². The highest BCUT2D eigenvalue weighted by Crippen LogP contribution is 2.13. The van der Waals surface area contributed by atoms with E-state index in [1.165, 1.54) is 6.92 Å². The largest absolute Gasteiger partial charge is 0.323 e. The van der Waals surface area contributed by atoms with Crippen LogP contribution in [0.1, 0.15) is 27.6 Å². The molecule has 12 N–H and O–H groups in total. The number of amides is 2. The normalized spacial score (nSPS) is 8.72. The predicted molar refractivity (Wildman–Crippen MR) is 109 cm³/mol. The molecule has 0 heterocycles. The Balaban J connectivity index is 0.000000442. The second-order valence-electron chi connectivity index (χ2n) is 5.06. The average Bonchev–Trinajstić information content (AvgIpc) is 2.78.